The summed E-state index contributed by atoms with van der Waals surface area (Å²) in [4.78, 5) is 0. The Bertz CT molecular complexity index is 223. The standard InChI is InChI=1S/C10H18F3NO2/c1-3-4-15-9-7(14)5-8(9)16-6(2)10(11,12)13/h6-9H,3-5,14H2,1-2H3. The summed E-state index contributed by atoms with van der Waals surface area (Å²) in [6.07, 6.45) is -5.78. The molecule has 1 aliphatic rings. The maximum absolute atomic E-state index is 12.2. The molecule has 1 fully saturated rings. The molecule has 0 aromatic heterocycles. The highest BCUT2D eigenvalue weighted by Gasteiger charge is 2.46. The number of nitrogens with two attached hydrogens (primary N) is 1. The molecule has 1 rings (SSSR count). The van der Waals surface area contributed by atoms with Gasteiger partial charge in [0.05, 0.1) is 12.2 Å². The van der Waals surface area contributed by atoms with E-state index in [9.17, 15) is 13.2 Å². The van der Waals surface area contributed by atoms with Crippen LogP contribution in [0.3, 0.4) is 0 Å². The monoisotopic (exact) mass is 241 g/mol. The molecule has 96 valence electrons. The van der Waals surface area contributed by atoms with Gasteiger partial charge in [-0.15, -0.1) is 0 Å². The van der Waals surface area contributed by atoms with Crippen LogP contribution in [0.4, 0.5) is 13.2 Å². The van der Waals surface area contributed by atoms with Crippen molar-refractivity contribution in [2.24, 2.45) is 5.73 Å². The van der Waals surface area contributed by atoms with Crippen LogP contribution in [0.2, 0.25) is 0 Å². The molecule has 4 unspecified atom stereocenters. The summed E-state index contributed by atoms with van der Waals surface area (Å²) in [5.41, 5.74) is 5.65. The second-order valence-corrected chi connectivity index (χ2v) is 4.09. The van der Waals surface area contributed by atoms with Gasteiger partial charge in [0.15, 0.2) is 6.10 Å². The maximum Gasteiger partial charge on any atom is 0.414 e. The summed E-state index contributed by atoms with van der Waals surface area (Å²) in [7, 11) is 0. The van der Waals surface area contributed by atoms with E-state index in [1.807, 2.05) is 6.92 Å². The third kappa shape index (κ3) is 3.33. The lowest BCUT2D eigenvalue weighted by Crippen LogP contribution is -2.59. The van der Waals surface area contributed by atoms with E-state index in [1.165, 1.54) is 0 Å². The van der Waals surface area contributed by atoms with Gasteiger partial charge >= 0.3 is 6.18 Å². The van der Waals surface area contributed by atoms with Crippen molar-refractivity contribution in [3.8, 4) is 0 Å². The molecule has 1 saturated carbocycles. The van der Waals surface area contributed by atoms with Crippen molar-refractivity contribution in [2.45, 2.75) is 57.2 Å². The van der Waals surface area contributed by atoms with Gasteiger partial charge in [0.2, 0.25) is 0 Å². The van der Waals surface area contributed by atoms with Crippen LogP contribution in [0.15, 0.2) is 0 Å². The van der Waals surface area contributed by atoms with Gasteiger partial charge in [0.1, 0.15) is 0 Å². The van der Waals surface area contributed by atoms with Gasteiger partial charge in [-0.3, -0.25) is 0 Å². The predicted molar refractivity (Wildman–Crippen MR) is 53.0 cm³/mol. The van der Waals surface area contributed by atoms with Gasteiger partial charge in [-0.1, -0.05) is 6.92 Å². The van der Waals surface area contributed by atoms with Gasteiger partial charge < -0.3 is 15.2 Å². The van der Waals surface area contributed by atoms with E-state index in [0.717, 1.165) is 13.3 Å². The highest BCUT2D eigenvalue weighted by Crippen LogP contribution is 2.31. The van der Waals surface area contributed by atoms with Crippen LogP contribution in [-0.2, 0) is 9.47 Å². The van der Waals surface area contributed by atoms with Gasteiger partial charge in [0.25, 0.3) is 0 Å². The number of rotatable bonds is 5. The summed E-state index contributed by atoms with van der Waals surface area (Å²) in [6.45, 7) is 3.43. The molecule has 6 heteroatoms. The zero-order chi connectivity index (χ0) is 12.3. The molecule has 0 bridgehead atoms. The minimum Gasteiger partial charge on any atom is -0.374 e. The zero-order valence-corrected chi connectivity index (χ0v) is 9.46. The molecule has 0 aliphatic heterocycles. The first-order valence-corrected chi connectivity index (χ1v) is 5.45. The Balaban J connectivity index is 2.37. The zero-order valence-electron chi connectivity index (χ0n) is 9.46. The van der Waals surface area contributed by atoms with E-state index in [2.05, 4.69) is 0 Å². The maximum atomic E-state index is 12.2. The number of hydrogen-bond acceptors (Lipinski definition) is 3. The van der Waals surface area contributed by atoms with E-state index in [1.54, 1.807) is 0 Å². The molecule has 0 radical (unpaired) electrons. The summed E-state index contributed by atoms with van der Waals surface area (Å²) in [5, 5.41) is 0. The third-order valence-corrected chi connectivity index (χ3v) is 2.65. The van der Waals surface area contributed by atoms with Crippen LogP contribution in [0.5, 0.6) is 0 Å². The lowest BCUT2D eigenvalue weighted by Gasteiger charge is -2.43. The first kappa shape index (κ1) is 13.7. The van der Waals surface area contributed by atoms with E-state index in [0.29, 0.717) is 13.0 Å². The molecular formula is C10H18F3NO2. The van der Waals surface area contributed by atoms with Crippen molar-refractivity contribution in [3.63, 3.8) is 0 Å². The Hall–Kier alpha value is -0.330. The lowest BCUT2D eigenvalue weighted by atomic mass is 9.86. The van der Waals surface area contributed by atoms with E-state index in [-0.39, 0.29) is 6.04 Å². The average molecular weight is 241 g/mol. The molecule has 2 N–H and O–H groups in total. The highest BCUT2D eigenvalue weighted by molar-refractivity contribution is 4.95. The van der Waals surface area contributed by atoms with Crippen molar-refractivity contribution in [1.82, 2.24) is 0 Å². The Morgan fingerprint density at radius 3 is 2.50 bits per heavy atom. The number of hydrogen-bond donors (Lipinski definition) is 1. The summed E-state index contributed by atoms with van der Waals surface area (Å²) in [5.74, 6) is 0. The summed E-state index contributed by atoms with van der Waals surface area (Å²) < 4.78 is 47.0. The highest BCUT2D eigenvalue weighted by atomic mass is 19.4. The van der Waals surface area contributed by atoms with Crippen molar-refractivity contribution in [2.75, 3.05) is 6.61 Å². The molecule has 0 aromatic carbocycles. The second-order valence-electron chi connectivity index (χ2n) is 4.09. The van der Waals surface area contributed by atoms with Crippen LogP contribution in [-0.4, -0.2) is 37.1 Å². The lowest BCUT2D eigenvalue weighted by molar-refractivity contribution is -0.255. The molecule has 3 nitrogen and oxygen atoms in total. The van der Waals surface area contributed by atoms with Crippen LogP contribution in [0.1, 0.15) is 26.7 Å². The third-order valence-electron chi connectivity index (χ3n) is 2.65. The first-order valence-electron chi connectivity index (χ1n) is 5.45. The first-order chi connectivity index (χ1) is 7.36. The van der Waals surface area contributed by atoms with Crippen LogP contribution >= 0.6 is 0 Å². The number of halogens is 3. The molecule has 1 aliphatic carbocycles. The van der Waals surface area contributed by atoms with E-state index >= 15 is 0 Å². The Kier molecular flexibility index (Phi) is 4.58. The molecule has 0 heterocycles. The van der Waals surface area contributed by atoms with Crippen molar-refractivity contribution in [1.29, 1.82) is 0 Å². The molecular weight excluding hydrogens is 223 g/mol. The van der Waals surface area contributed by atoms with Gasteiger partial charge in [-0.05, 0) is 19.8 Å². The normalized spacial score (nSPS) is 32.2. The van der Waals surface area contributed by atoms with Crippen molar-refractivity contribution < 1.29 is 22.6 Å². The Morgan fingerprint density at radius 1 is 1.44 bits per heavy atom. The topological polar surface area (TPSA) is 44.5 Å². The SMILES string of the molecule is CCCOC1C(N)CC1OC(C)C(F)(F)F. The number of alkyl halides is 3. The fourth-order valence-corrected chi connectivity index (χ4v) is 1.57. The fourth-order valence-electron chi connectivity index (χ4n) is 1.57. The molecule has 0 aromatic rings. The molecule has 16 heavy (non-hydrogen) atoms. The van der Waals surface area contributed by atoms with Crippen LogP contribution < -0.4 is 5.73 Å². The average Bonchev–Trinajstić information content (AvgIpc) is 2.16. The van der Waals surface area contributed by atoms with Crippen LogP contribution in [0.25, 0.3) is 0 Å². The van der Waals surface area contributed by atoms with Crippen LogP contribution in [0, 0.1) is 0 Å². The molecule has 4 atom stereocenters. The number of ether oxygens (including phenoxy) is 2. The molecule has 0 amide bonds. The van der Waals surface area contributed by atoms with Gasteiger partial charge in [-0.25, -0.2) is 0 Å². The van der Waals surface area contributed by atoms with Crippen molar-refractivity contribution >= 4 is 0 Å². The van der Waals surface area contributed by atoms with E-state index < -0.39 is 24.5 Å². The Morgan fingerprint density at radius 2 is 2.06 bits per heavy atom. The second kappa shape index (κ2) is 5.33. The van der Waals surface area contributed by atoms with Crippen molar-refractivity contribution in [3.05, 3.63) is 0 Å². The Labute approximate surface area is 93.1 Å². The van der Waals surface area contributed by atoms with Gasteiger partial charge in [0, 0.05) is 12.6 Å². The smallest absolute Gasteiger partial charge is 0.374 e. The quantitative estimate of drug-likeness (QED) is 0.798. The minimum atomic E-state index is -4.32. The largest absolute Gasteiger partial charge is 0.414 e. The fraction of sp³-hybridized carbons (Fsp3) is 1.00. The predicted octanol–water partition coefficient (Wildman–Crippen LogP) is 1.85. The van der Waals surface area contributed by atoms with E-state index in [4.69, 9.17) is 15.2 Å². The minimum absolute atomic E-state index is 0.211. The summed E-state index contributed by atoms with van der Waals surface area (Å²) in [6, 6.07) is -0.211. The molecule has 0 spiro atoms. The molecule has 0 saturated heterocycles. The summed E-state index contributed by atoms with van der Waals surface area (Å²) >= 11 is 0. The van der Waals surface area contributed by atoms with Gasteiger partial charge in [-0.2, -0.15) is 13.2 Å².